The van der Waals surface area contributed by atoms with Gasteiger partial charge in [-0.15, -0.1) is 31.8 Å². The molecular weight excluding hydrogens is 373 g/mol. The van der Waals surface area contributed by atoms with E-state index in [4.69, 9.17) is 23.2 Å². The van der Waals surface area contributed by atoms with Crippen LogP contribution < -0.4 is 0 Å². The molecule has 0 nitrogen and oxygen atoms in total. The van der Waals surface area contributed by atoms with Gasteiger partial charge in [0.05, 0.1) is 9.99 Å². The van der Waals surface area contributed by atoms with Gasteiger partial charge in [0.2, 0.25) is 0 Å². The van der Waals surface area contributed by atoms with Crippen molar-refractivity contribution >= 4 is 40.4 Å². The van der Waals surface area contributed by atoms with Crippen molar-refractivity contribution in [1.29, 1.82) is 0 Å². The van der Waals surface area contributed by atoms with E-state index in [1.807, 2.05) is 0 Å². The molecule has 1 saturated carbocycles. The predicted octanol–water partition coefficient (Wildman–Crippen LogP) is 8.24. The number of hydrogen-bond donors (Lipinski definition) is 0. The second-order valence-electron chi connectivity index (χ2n) is 7.84. The maximum Gasteiger partial charge on any atom is 0.0785 e. The van der Waals surface area contributed by atoms with E-state index in [1.165, 1.54) is 76.5 Å². The molecule has 0 heterocycles. The predicted molar refractivity (Wildman–Crippen MR) is 120 cm³/mol. The third-order valence-corrected chi connectivity index (χ3v) is 11.2. The molecule has 0 saturated heterocycles. The van der Waals surface area contributed by atoms with Gasteiger partial charge >= 0.3 is 0 Å². The van der Waals surface area contributed by atoms with E-state index in [2.05, 4.69) is 27.7 Å². The van der Waals surface area contributed by atoms with Crippen molar-refractivity contribution in [2.45, 2.75) is 108 Å². The Morgan fingerprint density at radius 2 is 1.50 bits per heavy atom. The highest BCUT2D eigenvalue weighted by Gasteiger charge is 2.51. The molecule has 1 aliphatic carbocycles. The van der Waals surface area contributed by atoms with Gasteiger partial charge in [0.1, 0.15) is 0 Å². The zero-order chi connectivity index (χ0) is 18.1. The monoisotopic (exact) mass is 412 g/mol. The second-order valence-corrected chi connectivity index (χ2v) is 12.7. The smallest absolute Gasteiger partial charge is 0.0785 e. The zero-order valence-corrected chi connectivity index (χ0v) is 19.9. The fourth-order valence-electron chi connectivity index (χ4n) is 4.21. The summed E-state index contributed by atoms with van der Waals surface area (Å²) in [4.78, 5) is 0. The molecule has 4 heteroatoms. The molecule has 5 atom stereocenters. The molecular formula is C20H40Cl2P2. The van der Waals surface area contributed by atoms with Gasteiger partial charge in [-0.25, -0.2) is 0 Å². The molecule has 0 aromatic carbocycles. The molecule has 144 valence electrons. The summed E-state index contributed by atoms with van der Waals surface area (Å²) in [6.45, 7) is 9.22. The lowest BCUT2D eigenvalue weighted by Gasteiger charge is -2.52. The number of unbranched alkanes of at least 4 members (excludes halogenated alkanes) is 2. The Morgan fingerprint density at radius 3 is 2.00 bits per heavy atom. The third-order valence-electron chi connectivity index (χ3n) is 5.52. The normalized spacial score (nSPS) is 30.8. The summed E-state index contributed by atoms with van der Waals surface area (Å²) in [7, 11) is 1.82. The number of hydrogen-bond acceptors (Lipinski definition) is 0. The van der Waals surface area contributed by atoms with Crippen molar-refractivity contribution in [3.05, 3.63) is 0 Å². The van der Waals surface area contributed by atoms with Crippen LogP contribution in [0.3, 0.4) is 0 Å². The Bertz CT molecular complexity index is 330. The molecule has 0 spiro atoms. The van der Waals surface area contributed by atoms with E-state index >= 15 is 0 Å². The van der Waals surface area contributed by atoms with Gasteiger partial charge in [0.15, 0.2) is 0 Å². The zero-order valence-electron chi connectivity index (χ0n) is 16.4. The highest BCUT2D eigenvalue weighted by atomic mass is 35.5. The van der Waals surface area contributed by atoms with Crippen molar-refractivity contribution in [2.24, 2.45) is 5.41 Å². The van der Waals surface area contributed by atoms with E-state index in [-0.39, 0.29) is 9.99 Å². The summed E-state index contributed by atoms with van der Waals surface area (Å²) in [5.74, 6) is 0. The van der Waals surface area contributed by atoms with E-state index in [9.17, 15) is 0 Å². The first-order valence-corrected chi connectivity index (χ1v) is 13.6. The molecule has 1 aliphatic rings. The Kier molecular flexibility index (Phi) is 11.7. The van der Waals surface area contributed by atoms with Crippen LogP contribution in [-0.4, -0.2) is 28.0 Å². The molecule has 0 aliphatic heterocycles. The van der Waals surface area contributed by atoms with Gasteiger partial charge in [-0.2, -0.15) is 0 Å². The van der Waals surface area contributed by atoms with Crippen LogP contribution in [0.2, 0.25) is 0 Å². The largest absolute Gasteiger partial charge is 0.120 e. The molecule has 0 amide bonds. The van der Waals surface area contributed by atoms with Crippen LogP contribution in [0.15, 0.2) is 0 Å². The van der Waals surface area contributed by atoms with Crippen molar-refractivity contribution in [1.82, 2.24) is 0 Å². The van der Waals surface area contributed by atoms with Crippen molar-refractivity contribution < 1.29 is 0 Å². The molecule has 1 fully saturated rings. The van der Waals surface area contributed by atoms with E-state index in [1.54, 1.807) is 0 Å². The van der Waals surface area contributed by atoms with Gasteiger partial charge in [-0.3, -0.25) is 0 Å². The first kappa shape index (κ1) is 23.5. The summed E-state index contributed by atoms with van der Waals surface area (Å²) >= 11 is 14.3. The summed E-state index contributed by atoms with van der Waals surface area (Å²) in [6.07, 6.45) is 15.6. The number of halogens is 2. The molecule has 0 aromatic heterocycles. The topological polar surface area (TPSA) is 0 Å². The first-order chi connectivity index (χ1) is 11.5. The molecule has 0 bridgehead atoms. The summed E-state index contributed by atoms with van der Waals surface area (Å²) < 4.78 is -0.136. The van der Waals surface area contributed by atoms with Crippen LogP contribution in [0, 0.1) is 5.41 Å². The van der Waals surface area contributed by atoms with Crippen LogP contribution >= 0.6 is 40.4 Å². The molecule has 5 unspecified atom stereocenters. The standard InChI is InChI=1S/C20H40Cl2P2/c1-5-9-11-19(12-10-6-2)15-17(23-13-7-3)18(21)20(22,16-19)24-14-8-4/h17-18,23-24H,5-16H2,1-4H3. The van der Waals surface area contributed by atoms with Crippen LogP contribution in [0.25, 0.3) is 0 Å². The third kappa shape index (κ3) is 6.87. The lowest BCUT2D eigenvalue weighted by atomic mass is 9.67. The van der Waals surface area contributed by atoms with E-state index < -0.39 is 0 Å². The minimum atomic E-state index is -0.136. The molecule has 0 aromatic rings. The minimum absolute atomic E-state index is 0.136. The quantitative estimate of drug-likeness (QED) is 0.223. The second kappa shape index (κ2) is 12.0. The summed E-state index contributed by atoms with van der Waals surface area (Å²) in [5.41, 5.74) is 1.11. The maximum atomic E-state index is 7.30. The SMILES string of the molecule is CCCCC1(CCCC)CC(PCCC)C(Cl)C(Cl)(PCCC)C1. The first-order valence-electron chi connectivity index (χ1n) is 10.3. The Hall–Kier alpha value is 1.44. The van der Waals surface area contributed by atoms with Gasteiger partial charge < -0.3 is 0 Å². The highest BCUT2D eigenvalue weighted by Crippen LogP contribution is 2.61. The van der Waals surface area contributed by atoms with E-state index in [0.29, 0.717) is 11.1 Å². The van der Waals surface area contributed by atoms with Crippen molar-refractivity contribution in [2.75, 3.05) is 12.3 Å². The van der Waals surface area contributed by atoms with Crippen LogP contribution in [-0.2, 0) is 0 Å². The molecule has 1 rings (SSSR count). The molecule has 24 heavy (non-hydrogen) atoms. The number of alkyl halides is 2. The lowest BCUT2D eigenvalue weighted by Crippen LogP contribution is -2.49. The Morgan fingerprint density at radius 1 is 0.917 bits per heavy atom. The fraction of sp³-hybridized carbons (Fsp3) is 1.00. The highest BCUT2D eigenvalue weighted by molar-refractivity contribution is 7.43. The Labute approximate surface area is 165 Å². The molecule has 0 radical (unpaired) electrons. The minimum Gasteiger partial charge on any atom is -0.120 e. The van der Waals surface area contributed by atoms with Gasteiger partial charge in [-0.1, -0.05) is 74.8 Å². The van der Waals surface area contributed by atoms with Gasteiger partial charge in [0.25, 0.3) is 0 Å². The Balaban J connectivity index is 3.01. The lowest BCUT2D eigenvalue weighted by molar-refractivity contribution is 0.148. The maximum absolute atomic E-state index is 7.30. The average molecular weight is 413 g/mol. The van der Waals surface area contributed by atoms with Gasteiger partial charge in [0, 0.05) is 0 Å². The van der Waals surface area contributed by atoms with Gasteiger partial charge in [-0.05, 0) is 49.1 Å². The average Bonchev–Trinajstić information content (AvgIpc) is 2.58. The van der Waals surface area contributed by atoms with Crippen LogP contribution in [0.4, 0.5) is 0 Å². The molecule has 0 N–H and O–H groups in total. The summed E-state index contributed by atoms with van der Waals surface area (Å²) in [5, 5.41) is 0.185. The van der Waals surface area contributed by atoms with Crippen molar-refractivity contribution in [3.63, 3.8) is 0 Å². The van der Waals surface area contributed by atoms with Crippen molar-refractivity contribution in [3.8, 4) is 0 Å². The fourth-order valence-corrected chi connectivity index (χ4v) is 9.16. The van der Waals surface area contributed by atoms with E-state index in [0.717, 1.165) is 17.2 Å². The van der Waals surface area contributed by atoms with Crippen LogP contribution in [0.1, 0.15) is 91.9 Å². The van der Waals surface area contributed by atoms with Crippen LogP contribution in [0.5, 0.6) is 0 Å². The summed E-state index contributed by atoms with van der Waals surface area (Å²) in [6, 6.07) is 0. The number of rotatable bonds is 12.